The molecule has 0 aliphatic heterocycles. The summed E-state index contributed by atoms with van der Waals surface area (Å²) in [6.07, 6.45) is 0.814. The van der Waals surface area contributed by atoms with Gasteiger partial charge in [-0.15, -0.1) is 0 Å². The Balaban J connectivity index is 1.70. The molecule has 2 aromatic carbocycles. The number of nitrogens with one attached hydrogen (secondary N) is 2. The van der Waals surface area contributed by atoms with E-state index in [0.717, 1.165) is 18.1 Å². The van der Waals surface area contributed by atoms with Crippen molar-refractivity contribution in [2.24, 2.45) is 0 Å². The van der Waals surface area contributed by atoms with Crippen LogP contribution in [0.5, 0.6) is 17.2 Å². The van der Waals surface area contributed by atoms with Crippen LogP contribution in [0.1, 0.15) is 22.8 Å². The monoisotopic (exact) mass is 358 g/mol. The lowest BCUT2D eigenvalue weighted by Gasteiger charge is -2.11. The molecule has 2 aromatic rings. The molecule has 2 amide bonds. The lowest BCUT2D eigenvalue weighted by atomic mass is 10.1. The number of hydrogen-bond donors (Lipinski definition) is 4. The Kier molecular flexibility index (Phi) is 6.84. The van der Waals surface area contributed by atoms with Crippen LogP contribution in [0.25, 0.3) is 0 Å². The number of carbonyl (C=O) groups is 2. The zero-order valence-corrected chi connectivity index (χ0v) is 14.5. The zero-order chi connectivity index (χ0) is 18.9. The maximum absolute atomic E-state index is 11.9. The van der Waals surface area contributed by atoms with Gasteiger partial charge >= 0.3 is 0 Å². The van der Waals surface area contributed by atoms with Gasteiger partial charge in [-0.1, -0.05) is 25.1 Å². The first-order chi connectivity index (χ1) is 12.5. The molecule has 0 aliphatic rings. The Bertz CT molecular complexity index is 756. The molecular formula is C19H22N2O5. The molecule has 7 heteroatoms. The first kappa shape index (κ1) is 19.1. The van der Waals surface area contributed by atoms with Crippen LogP contribution in [-0.2, 0) is 11.2 Å². The Labute approximate surface area is 151 Å². The molecule has 138 valence electrons. The summed E-state index contributed by atoms with van der Waals surface area (Å²) in [5.74, 6) is -0.471. The highest BCUT2D eigenvalue weighted by atomic mass is 16.5. The molecule has 0 saturated carbocycles. The van der Waals surface area contributed by atoms with Crippen molar-refractivity contribution in [1.82, 2.24) is 10.6 Å². The molecule has 0 atom stereocenters. The zero-order valence-electron chi connectivity index (χ0n) is 14.5. The van der Waals surface area contributed by atoms with Gasteiger partial charge in [-0.05, 0) is 30.2 Å². The molecule has 0 radical (unpaired) electrons. The van der Waals surface area contributed by atoms with E-state index in [9.17, 15) is 19.8 Å². The third-order valence-electron chi connectivity index (χ3n) is 3.61. The third-order valence-corrected chi connectivity index (χ3v) is 3.61. The fraction of sp³-hybridized carbons (Fsp3) is 0.263. The summed E-state index contributed by atoms with van der Waals surface area (Å²) in [6.45, 7) is 2.34. The first-order valence-corrected chi connectivity index (χ1v) is 8.28. The van der Waals surface area contributed by atoms with Crippen molar-refractivity contribution in [1.29, 1.82) is 0 Å². The van der Waals surface area contributed by atoms with E-state index >= 15 is 0 Å². The Morgan fingerprint density at radius 2 is 1.65 bits per heavy atom. The molecule has 0 aliphatic carbocycles. The van der Waals surface area contributed by atoms with Crippen LogP contribution in [0.3, 0.4) is 0 Å². The molecule has 4 N–H and O–H groups in total. The van der Waals surface area contributed by atoms with Crippen molar-refractivity contribution in [3.8, 4) is 17.2 Å². The van der Waals surface area contributed by atoms with E-state index in [4.69, 9.17) is 4.74 Å². The quantitative estimate of drug-likeness (QED) is 0.536. The molecule has 2 rings (SSSR count). The Hall–Kier alpha value is -3.22. The summed E-state index contributed by atoms with van der Waals surface area (Å²) in [4.78, 5) is 23.7. The van der Waals surface area contributed by atoms with Gasteiger partial charge in [-0.3, -0.25) is 9.59 Å². The highest BCUT2D eigenvalue weighted by Crippen LogP contribution is 2.20. The number of phenolic OH excluding ortho intramolecular Hbond substituents is 2. The minimum absolute atomic E-state index is 0.106. The van der Waals surface area contributed by atoms with E-state index < -0.39 is 5.91 Å². The molecule has 0 fully saturated rings. The fourth-order valence-electron chi connectivity index (χ4n) is 2.34. The average Bonchev–Trinajstić information content (AvgIpc) is 2.62. The molecule has 0 aromatic heterocycles. The number of aromatic hydroxyl groups is 2. The smallest absolute Gasteiger partial charge is 0.258 e. The molecule has 0 heterocycles. The van der Waals surface area contributed by atoms with E-state index in [1.807, 2.05) is 31.2 Å². The maximum Gasteiger partial charge on any atom is 0.258 e. The van der Waals surface area contributed by atoms with E-state index in [2.05, 4.69) is 10.6 Å². The first-order valence-electron chi connectivity index (χ1n) is 8.28. The summed E-state index contributed by atoms with van der Waals surface area (Å²) < 4.78 is 5.51. The lowest BCUT2D eigenvalue weighted by molar-refractivity contribution is -0.123. The van der Waals surface area contributed by atoms with Crippen molar-refractivity contribution >= 4 is 11.8 Å². The highest BCUT2D eigenvalue weighted by molar-refractivity contribution is 5.95. The maximum atomic E-state index is 11.9. The average molecular weight is 358 g/mol. The van der Waals surface area contributed by atoms with Gasteiger partial charge in [0, 0.05) is 24.7 Å². The van der Waals surface area contributed by atoms with Gasteiger partial charge in [0.25, 0.3) is 11.8 Å². The summed E-state index contributed by atoms with van der Waals surface area (Å²) in [6, 6.07) is 11.1. The molecule has 0 spiro atoms. The predicted octanol–water partition coefficient (Wildman–Crippen LogP) is 1.59. The van der Waals surface area contributed by atoms with E-state index in [1.165, 1.54) is 12.1 Å². The normalized spacial score (nSPS) is 10.2. The number of aryl methyl sites for hydroxylation is 1. The largest absolute Gasteiger partial charge is 0.508 e. The Morgan fingerprint density at radius 3 is 2.35 bits per heavy atom. The van der Waals surface area contributed by atoms with Crippen molar-refractivity contribution < 1.29 is 24.5 Å². The summed E-state index contributed by atoms with van der Waals surface area (Å²) in [5.41, 5.74) is 1.16. The van der Waals surface area contributed by atoms with E-state index in [-0.39, 0.29) is 42.7 Å². The number of hydrogen-bond acceptors (Lipinski definition) is 5. The predicted molar refractivity (Wildman–Crippen MR) is 96.4 cm³/mol. The van der Waals surface area contributed by atoms with Crippen molar-refractivity contribution in [2.45, 2.75) is 13.3 Å². The molecule has 0 unspecified atom stereocenters. The van der Waals surface area contributed by atoms with Gasteiger partial charge in [-0.2, -0.15) is 0 Å². The van der Waals surface area contributed by atoms with Crippen LogP contribution in [0.4, 0.5) is 0 Å². The highest BCUT2D eigenvalue weighted by Gasteiger charge is 2.09. The number of phenols is 2. The minimum atomic E-state index is -0.460. The van der Waals surface area contributed by atoms with Crippen molar-refractivity contribution in [3.05, 3.63) is 53.6 Å². The van der Waals surface area contributed by atoms with Crippen LogP contribution >= 0.6 is 0 Å². The molecule has 26 heavy (non-hydrogen) atoms. The van der Waals surface area contributed by atoms with E-state index in [1.54, 1.807) is 0 Å². The number of para-hydroxylation sites is 1. The van der Waals surface area contributed by atoms with Crippen LogP contribution in [0, 0.1) is 0 Å². The molecule has 7 nitrogen and oxygen atoms in total. The number of carbonyl (C=O) groups excluding carboxylic acids is 2. The molecule has 0 saturated heterocycles. The van der Waals surface area contributed by atoms with E-state index in [0.29, 0.717) is 5.75 Å². The second kappa shape index (κ2) is 9.31. The van der Waals surface area contributed by atoms with Crippen molar-refractivity contribution in [2.75, 3.05) is 19.7 Å². The van der Waals surface area contributed by atoms with Gasteiger partial charge in [0.05, 0.1) is 0 Å². The van der Waals surface area contributed by atoms with Gasteiger partial charge in [0.2, 0.25) is 0 Å². The molecular weight excluding hydrogens is 336 g/mol. The lowest BCUT2D eigenvalue weighted by Crippen LogP contribution is -2.36. The summed E-state index contributed by atoms with van der Waals surface area (Å²) >= 11 is 0. The van der Waals surface area contributed by atoms with Gasteiger partial charge in [-0.25, -0.2) is 0 Å². The Morgan fingerprint density at radius 1 is 1.00 bits per heavy atom. The number of benzene rings is 2. The fourth-order valence-corrected chi connectivity index (χ4v) is 2.34. The third kappa shape index (κ3) is 5.70. The second-order valence-electron chi connectivity index (χ2n) is 5.59. The number of ether oxygens (including phenoxy) is 1. The van der Waals surface area contributed by atoms with Gasteiger partial charge < -0.3 is 25.6 Å². The van der Waals surface area contributed by atoms with Crippen molar-refractivity contribution in [3.63, 3.8) is 0 Å². The van der Waals surface area contributed by atoms with Gasteiger partial charge in [0.15, 0.2) is 6.61 Å². The minimum Gasteiger partial charge on any atom is -0.508 e. The number of rotatable bonds is 8. The standard InChI is InChI=1S/C19H22N2O5/c1-2-13-5-3-4-6-17(13)26-12-18(24)20-7-8-21-19(25)14-9-15(22)11-16(23)10-14/h3-6,9-11,22-23H,2,7-8,12H2,1H3,(H,20,24)(H,21,25). The van der Waals surface area contributed by atoms with Crippen LogP contribution < -0.4 is 15.4 Å². The van der Waals surface area contributed by atoms with Crippen LogP contribution in [0.2, 0.25) is 0 Å². The van der Waals surface area contributed by atoms with Crippen LogP contribution in [-0.4, -0.2) is 41.7 Å². The summed E-state index contributed by atoms with van der Waals surface area (Å²) in [5, 5.41) is 24.0. The van der Waals surface area contributed by atoms with Gasteiger partial charge in [0.1, 0.15) is 17.2 Å². The second-order valence-corrected chi connectivity index (χ2v) is 5.59. The SMILES string of the molecule is CCc1ccccc1OCC(=O)NCCNC(=O)c1cc(O)cc(O)c1. The number of amides is 2. The topological polar surface area (TPSA) is 108 Å². The molecule has 0 bridgehead atoms. The van der Waals surface area contributed by atoms with Crippen LogP contribution in [0.15, 0.2) is 42.5 Å². The summed E-state index contributed by atoms with van der Waals surface area (Å²) in [7, 11) is 0.